The summed E-state index contributed by atoms with van der Waals surface area (Å²) in [4.78, 5) is 4.49. The first-order chi connectivity index (χ1) is 11.6. The second-order valence-electron chi connectivity index (χ2n) is 5.46. The lowest BCUT2D eigenvalue weighted by Gasteiger charge is -2.16. The second kappa shape index (κ2) is 6.66. The molecular weight excluding hydrogens is 304 g/mol. The van der Waals surface area contributed by atoms with Gasteiger partial charge in [-0.3, -0.25) is 4.98 Å². The Morgan fingerprint density at radius 3 is 2.58 bits per heavy atom. The topological polar surface area (TPSA) is 66.6 Å². The van der Waals surface area contributed by atoms with Crippen molar-refractivity contribution in [1.82, 2.24) is 4.98 Å². The van der Waals surface area contributed by atoms with Gasteiger partial charge in [0.1, 0.15) is 18.1 Å². The number of rotatable bonds is 5. The Balaban J connectivity index is 1.88. The van der Waals surface area contributed by atoms with Gasteiger partial charge in [-0.25, -0.2) is 0 Å². The molecule has 0 aliphatic carbocycles. The van der Waals surface area contributed by atoms with Crippen molar-refractivity contribution in [3.05, 3.63) is 53.7 Å². The summed E-state index contributed by atoms with van der Waals surface area (Å²) in [7, 11) is 3.19. The van der Waals surface area contributed by atoms with E-state index in [0.29, 0.717) is 23.8 Å². The van der Waals surface area contributed by atoms with E-state index in [1.807, 2.05) is 43.3 Å². The number of ether oxygens (including phenoxy) is 3. The van der Waals surface area contributed by atoms with Crippen LogP contribution in [0, 0.1) is 6.92 Å². The molecule has 0 aliphatic heterocycles. The van der Waals surface area contributed by atoms with Crippen LogP contribution in [-0.4, -0.2) is 19.2 Å². The molecule has 3 aromatic rings. The van der Waals surface area contributed by atoms with Crippen LogP contribution < -0.4 is 19.9 Å². The molecular formula is C19H20N2O3. The molecule has 5 heteroatoms. The van der Waals surface area contributed by atoms with Crippen LogP contribution in [0.2, 0.25) is 0 Å². The first-order valence-corrected chi connectivity index (χ1v) is 7.62. The van der Waals surface area contributed by atoms with Crippen LogP contribution in [0.4, 0.5) is 5.69 Å². The molecule has 0 unspecified atom stereocenters. The van der Waals surface area contributed by atoms with E-state index in [1.54, 1.807) is 20.3 Å². The number of nitrogen functional groups attached to an aromatic ring is 1. The van der Waals surface area contributed by atoms with E-state index in [2.05, 4.69) is 4.98 Å². The summed E-state index contributed by atoms with van der Waals surface area (Å²) in [6, 6.07) is 13.4. The normalized spacial score (nSPS) is 10.6. The molecule has 0 fully saturated rings. The molecule has 1 heterocycles. The van der Waals surface area contributed by atoms with Crippen molar-refractivity contribution in [1.29, 1.82) is 0 Å². The maximum atomic E-state index is 5.97. The van der Waals surface area contributed by atoms with Crippen molar-refractivity contribution in [2.75, 3.05) is 20.0 Å². The highest BCUT2D eigenvalue weighted by Gasteiger charge is 2.14. The van der Waals surface area contributed by atoms with Gasteiger partial charge in [0, 0.05) is 11.1 Å². The fourth-order valence-corrected chi connectivity index (χ4v) is 2.65. The monoisotopic (exact) mass is 324 g/mol. The van der Waals surface area contributed by atoms with Crippen molar-refractivity contribution in [2.45, 2.75) is 13.5 Å². The van der Waals surface area contributed by atoms with Crippen LogP contribution in [0.3, 0.4) is 0 Å². The summed E-state index contributed by atoms with van der Waals surface area (Å²) in [6.07, 6.45) is 0. The molecule has 0 spiro atoms. The molecule has 0 aliphatic rings. The Morgan fingerprint density at radius 2 is 1.83 bits per heavy atom. The number of hydrogen-bond donors (Lipinski definition) is 1. The molecule has 0 radical (unpaired) electrons. The summed E-state index contributed by atoms with van der Waals surface area (Å²) >= 11 is 0. The fourth-order valence-electron chi connectivity index (χ4n) is 2.65. The Labute approximate surface area is 141 Å². The lowest BCUT2D eigenvalue weighted by atomic mass is 10.1. The van der Waals surface area contributed by atoms with E-state index < -0.39 is 0 Å². The summed E-state index contributed by atoms with van der Waals surface area (Å²) < 4.78 is 16.7. The number of aromatic nitrogens is 1. The minimum absolute atomic E-state index is 0.294. The molecule has 0 bridgehead atoms. The Hall–Kier alpha value is -2.95. The number of aryl methyl sites for hydroxylation is 1. The molecule has 0 saturated carbocycles. The van der Waals surface area contributed by atoms with Gasteiger partial charge in [0.2, 0.25) is 0 Å². The fraction of sp³-hybridized carbons (Fsp3) is 0.211. The van der Waals surface area contributed by atoms with Crippen molar-refractivity contribution in [2.24, 2.45) is 0 Å². The van der Waals surface area contributed by atoms with Gasteiger partial charge < -0.3 is 19.9 Å². The lowest BCUT2D eigenvalue weighted by Crippen LogP contribution is -2.04. The van der Waals surface area contributed by atoms with E-state index >= 15 is 0 Å². The maximum Gasteiger partial charge on any atom is 0.152 e. The third-order valence-electron chi connectivity index (χ3n) is 3.86. The highest BCUT2D eigenvalue weighted by atomic mass is 16.5. The van der Waals surface area contributed by atoms with Gasteiger partial charge in [0.15, 0.2) is 5.75 Å². The smallest absolute Gasteiger partial charge is 0.152 e. The van der Waals surface area contributed by atoms with E-state index in [9.17, 15) is 0 Å². The van der Waals surface area contributed by atoms with E-state index in [4.69, 9.17) is 19.9 Å². The zero-order valence-corrected chi connectivity index (χ0v) is 14.0. The van der Waals surface area contributed by atoms with Crippen molar-refractivity contribution >= 4 is 16.6 Å². The average Bonchev–Trinajstić information content (AvgIpc) is 2.59. The number of nitrogens with zero attached hydrogens (tertiary/aromatic N) is 1. The van der Waals surface area contributed by atoms with Crippen molar-refractivity contribution in [3.8, 4) is 17.2 Å². The predicted octanol–water partition coefficient (Wildman–Crippen LogP) is 3.72. The molecule has 1 aromatic heterocycles. The third-order valence-corrected chi connectivity index (χ3v) is 3.86. The molecule has 5 nitrogen and oxygen atoms in total. The Kier molecular flexibility index (Phi) is 4.42. The minimum Gasteiger partial charge on any atom is -0.496 e. The minimum atomic E-state index is 0.294. The summed E-state index contributed by atoms with van der Waals surface area (Å²) in [5.74, 6) is 2.01. The number of benzene rings is 2. The standard InChI is InChI=1S/C19H20N2O3/c1-12-4-5-13-10-14(6-8-17(13)21-12)24-11-15-18(22-2)9-7-16(20)19(15)23-3/h4-10H,11,20H2,1-3H3. The van der Waals surface area contributed by atoms with Crippen LogP contribution in [0.15, 0.2) is 42.5 Å². The zero-order chi connectivity index (χ0) is 17.1. The lowest BCUT2D eigenvalue weighted by molar-refractivity contribution is 0.287. The molecule has 0 amide bonds. The molecule has 2 N–H and O–H groups in total. The number of anilines is 1. The predicted molar refractivity (Wildman–Crippen MR) is 94.8 cm³/mol. The largest absolute Gasteiger partial charge is 0.496 e. The van der Waals surface area contributed by atoms with Gasteiger partial charge in [-0.2, -0.15) is 0 Å². The van der Waals surface area contributed by atoms with E-state index in [1.165, 1.54) is 0 Å². The Morgan fingerprint density at radius 1 is 1.00 bits per heavy atom. The number of hydrogen-bond acceptors (Lipinski definition) is 5. The van der Waals surface area contributed by atoms with Crippen LogP contribution in [0.25, 0.3) is 10.9 Å². The molecule has 24 heavy (non-hydrogen) atoms. The maximum absolute atomic E-state index is 5.97. The van der Waals surface area contributed by atoms with Crippen molar-refractivity contribution in [3.63, 3.8) is 0 Å². The van der Waals surface area contributed by atoms with Gasteiger partial charge in [-0.05, 0) is 43.3 Å². The number of pyridine rings is 1. The number of nitrogens with two attached hydrogens (primary N) is 1. The van der Waals surface area contributed by atoms with E-state index in [-0.39, 0.29) is 0 Å². The van der Waals surface area contributed by atoms with Gasteiger partial charge in [-0.1, -0.05) is 6.07 Å². The molecule has 0 saturated heterocycles. The summed E-state index contributed by atoms with van der Waals surface area (Å²) in [6.45, 7) is 2.27. The highest BCUT2D eigenvalue weighted by Crippen LogP contribution is 2.35. The van der Waals surface area contributed by atoms with E-state index in [0.717, 1.165) is 27.9 Å². The molecule has 124 valence electrons. The SMILES string of the molecule is COc1ccc(N)c(OC)c1COc1ccc2nc(C)ccc2c1. The highest BCUT2D eigenvalue weighted by molar-refractivity contribution is 5.80. The van der Waals surface area contributed by atoms with Gasteiger partial charge in [0.05, 0.1) is 31.0 Å². The zero-order valence-electron chi connectivity index (χ0n) is 14.0. The van der Waals surface area contributed by atoms with Crippen LogP contribution in [0.1, 0.15) is 11.3 Å². The molecule has 2 aromatic carbocycles. The quantitative estimate of drug-likeness (QED) is 0.725. The molecule has 0 atom stereocenters. The third kappa shape index (κ3) is 3.06. The van der Waals surface area contributed by atoms with Gasteiger partial charge in [0.25, 0.3) is 0 Å². The molecule has 3 rings (SSSR count). The van der Waals surface area contributed by atoms with Gasteiger partial charge in [-0.15, -0.1) is 0 Å². The number of methoxy groups -OCH3 is 2. The Bertz CT molecular complexity index is 878. The van der Waals surface area contributed by atoms with Crippen LogP contribution >= 0.6 is 0 Å². The second-order valence-corrected chi connectivity index (χ2v) is 5.46. The van der Waals surface area contributed by atoms with Gasteiger partial charge >= 0.3 is 0 Å². The summed E-state index contributed by atoms with van der Waals surface area (Å²) in [5.41, 5.74) is 9.24. The summed E-state index contributed by atoms with van der Waals surface area (Å²) in [5, 5.41) is 1.03. The van der Waals surface area contributed by atoms with Crippen molar-refractivity contribution < 1.29 is 14.2 Å². The van der Waals surface area contributed by atoms with Crippen LogP contribution in [0.5, 0.6) is 17.2 Å². The van der Waals surface area contributed by atoms with Crippen LogP contribution in [-0.2, 0) is 6.61 Å². The average molecular weight is 324 g/mol. The first-order valence-electron chi connectivity index (χ1n) is 7.62. The first kappa shape index (κ1) is 15.9. The number of fused-ring (bicyclic) bond motifs is 1.